The van der Waals surface area contributed by atoms with Crippen molar-refractivity contribution in [3.8, 4) is 0 Å². The van der Waals surface area contributed by atoms with Crippen LogP contribution in [0.1, 0.15) is 44.7 Å². The van der Waals surface area contributed by atoms with Gasteiger partial charge in [-0.05, 0) is 43.4 Å². The van der Waals surface area contributed by atoms with E-state index in [1.54, 1.807) is 0 Å². The minimum Gasteiger partial charge on any atom is -0.371 e. The Morgan fingerprint density at radius 3 is 2.65 bits per heavy atom. The Morgan fingerprint density at radius 2 is 2.06 bits per heavy atom. The molecule has 2 atom stereocenters. The van der Waals surface area contributed by atoms with Crippen molar-refractivity contribution < 1.29 is 0 Å². The molecule has 0 spiro atoms. The van der Waals surface area contributed by atoms with E-state index in [0.29, 0.717) is 0 Å². The molecule has 2 nitrogen and oxygen atoms in total. The molecule has 2 rings (SSSR count). The second kappa shape index (κ2) is 5.54. The lowest BCUT2D eigenvalue weighted by atomic mass is 9.95. The summed E-state index contributed by atoms with van der Waals surface area (Å²) in [5.41, 5.74) is 8.45. The van der Waals surface area contributed by atoms with Gasteiger partial charge in [0.15, 0.2) is 0 Å². The van der Waals surface area contributed by atoms with Crippen molar-refractivity contribution in [2.24, 2.45) is 11.7 Å². The van der Waals surface area contributed by atoms with Gasteiger partial charge in [-0.1, -0.05) is 25.5 Å². The summed E-state index contributed by atoms with van der Waals surface area (Å²) < 4.78 is 0. The van der Waals surface area contributed by atoms with Gasteiger partial charge in [-0.15, -0.1) is 0 Å². The molecule has 94 valence electrons. The Labute approximate surface area is 105 Å². The van der Waals surface area contributed by atoms with Crippen LogP contribution in [-0.4, -0.2) is 13.1 Å². The van der Waals surface area contributed by atoms with Crippen molar-refractivity contribution in [2.45, 2.75) is 39.2 Å². The van der Waals surface area contributed by atoms with Crippen molar-refractivity contribution in [3.05, 3.63) is 29.8 Å². The van der Waals surface area contributed by atoms with Crippen LogP contribution in [0.3, 0.4) is 0 Å². The van der Waals surface area contributed by atoms with E-state index in [2.05, 4.69) is 36.1 Å². The third-order valence-electron chi connectivity index (χ3n) is 3.88. The highest BCUT2D eigenvalue weighted by Crippen LogP contribution is 2.25. The van der Waals surface area contributed by atoms with Crippen LogP contribution in [0.2, 0.25) is 0 Å². The SMILES string of the molecule is CCC1CCCN(c2ccc(C(C)N)cc2)C1. The standard InChI is InChI=1S/C15H24N2/c1-3-13-5-4-10-17(11-13)15-8-6-14(7-9-15)12(2)16/h6-9,12-13H,3-5,10-11,16H2,1-2H3. The first-order valence-corrected chi connectivity index (χ1v) is 6.81. The molecule has 1 aromatic rings. The van der Waals surface area contributed by atoms with E-state index in [-0.39, 0.29) is 6.04 Å². The minimum absolute atomic E-state index is 0.133. The van der Waals surface area contributed by atoms with Crippen LogP contribution in [0, 0.1) is 5.92 Å². The first kappa shape index (κ1) is 12.4. The molecule has 2 unspecified atom stereocenters. The Kier molecular flexibility index (Phi) is 4.06. The fourth-order valence-electron chi connectivity index (χ4n) is 2.62. The van der Waals surface area contributed by atoms with Crippen molar-refractivity contribution in [3.63, 3.8) is 0 Å². The van der Waals surface area contributed by atoms with Crippen LogP contribution in [0.4, 0.5) is 5.69 Å². The van der Waals surface area contributed by atoms with E-state index in [9.17, 15) is 0 Å². The third-order valence-corrected chi connectivity index (χ3v) is 3.88. The second-order valence-electron chi connectivity index (χ2n) is 5.24. The zero-order valence-electron chi connectivity index (χ0n) is 11.0. The Bertz CT molecular complexity index is 342. The first-order chi connectivity index (χ1) is 8.20. The number of hydrogen-bond acceptors (Lipinski definition) is 2. The van der Waals surface area contributed by atoms with Gasteiger partial charge in [0.25, 0.3) is 0 Å². The molecule has 0 aromatic heterocycles. The molecule has 1 saturated heterocycles. The smallest absolute Gasteiger partial charge is 0.0366 e. The summed E-state index contributed by atoms with van der Waals surface area (Å²) in [5.74, 6) is 0.872. The van der Waals surface area contributed by atoms with Crippen LogP contribution in [0.5, 0.6) is 0 Å². The van der Waals surface area contributed by atoms with Crippen LogP contribution >= 0.6 is 0 Å². The van der Waals surface area contributed by atoms with Crippen LogP contribution in [-0.2, 0) is 0 Å². The molecule has 2 N–H and O–H groups in total. The topological polar surface area (TPSA) is 29.3 Å². The zero-order chi connectivity index (χ0) is 12.3. The maximum atomic E-state index is 5.87. The molecule has 17 heavy (non-hydrogen) atoms. The number of hydrogen-bond donors (Lipinski definition) is 1. The van der Waals surface area contributed by atoms with Gasteiger partial charge in [-0.2, -0.15) is 0 Å². The number of nitrogens with zero attached hydrogens (tertiary/aromatic N) is 1. The molecule has 0 aliphatic carbocycles. The third kappa shape index (κ3) is 3.01. The van der Waals surface area contributed by atoms with E-state index in [1.807, 2.05) is 6.92 Å². The average molecular weight is 232 g/mol. The van der Waals surface area contributed by atoms with Gasteiger partial charge < -0.3 is 10.6 Å². The number of anilines is 1. The quantitative estimate of drug-likeness (QED) is 0.866. The fourth-order valence-corrected chi connectivity index (χ4v) is 2.62. The summed E-state index contributed by atoms with van der Waals surface area (Å²) in [4.78, 5) is 2.52. The van der Waals surface area contributed by atoms with E-state index in [4.69, 9.17) is 5.73 Å². The van der Waals surface area contributed by atoms with Crippen molar-refractivity contribution in [1.82, 2.24) is 0 Å². The summed E-state index contributed by atoms with van der Waals surface area (Å²) in [6, 6.07) is 8.90. The Balaban J connectivity index is 2.06. The molecule has 2 heteroatoms. The Morgan fingerprint density at radius 1 is 1.35 bits per heavy atom. The van der Waals surface area contributed by atoms with Crippen LogP contribution in [0.15, 0.2) is 24.3 Å². The summed E-state index contributed by atoms with van der Waals surface area (Å²) >= 11 is 0. The minimum atomic E-state index is 0.133. The van der Waals surface area contributed by atoms with Crippen molar-refractivity contribution >= 4 is 5.69 Å². The molecule has 0 bridgehead atoms. The number of piperidine rings is 1. The number of nitrogens with two attached hydrogens (primary N) is 1. The lowest BCUT2D eigenvalue weighted by Gasteiger charge is -2.34. The molecule has 0 saturated carbocycles. The molecule has 1 aliphatic rings. The lowest BCUT2D eigenvalue weighted by Crippen LogP contribution is -2.35. The van der Waals surface area contributed by atoms with Gasteiger partial charge in [-0.3, -0.25) is 0 Å². The highest BCUT2D eigenvalue weighted by atomic mass is 15.1. The van der Waals surface area contributed by atoms with Gasteiger partial charge in [0, 0.05) is 24.8 Å². The van der Waals surface area contributed by atoms with Gasteiger partial charge in [0.05, 0.1) is 0 Å². The normalized spacial score (nSPS) is 22.5. The monoisotopic (exact) mass is 232 g/mol. The number of benzene rings is 1. The van der Waals surface area contributed by atoms with Gasteiger partial charge in [0.1, 0.15) is 0 Å². The molecule has 0 radical (unpaired) electrons. The summed E-state index contributed by atoms with van der Waals surface area (Å²) in [6.45, 7) is 6.75. The largest absolute Gasteiger partial charge is 0.371 e. The van der Waals surface area contributed by atoms with Crippen molar-refractivity contribution in [2.75, 3.05) is 18.0 Å². The van der Waals surface area contributed by atoms with Crippen molar-refractivity contribution in [1.29, 1.82) is 0 Å². The van der Waals surface area contributed by atoms with Gasteiger partial charge >= 0.3 is 0 Å². The highest BCUT2D eigenvalue weighted by Gasteiger charge is 2.18. The van der Waals surface area contributed by atoms with E-state index >= 15 is 0 Å². The van der Waals surface area contributed by atoms with Gasteiger partial charge in [0.2, 0.25) is 0 Å². The summed E-state index contributed by atoms with van der Waals surface area (Å²) in [7, 11) is 0. The van der Waals surface area contributed by atoms with E-state index in [0.717, 1.165) is 5.92 Å². The predicted molar refractivity (Wildman–Crippen MR) is 74.3 cm³/mol. The molecule has 1 aromatic carbocycles. The Hall–Kier alpha value is -1.02. The maximum absolute atomic E-state index is 5.87. The molecule has 1 aliphatic heterocycles. The maximum Gasteiger partial charge on any atom is 0.0366 e. The molecule has 1 fully saturated rings. The fraction of sp³-hybridized carbons (Fsp3) is 0.600. The van der Waals surface area contributed by atoms with E-state index in [1.165, 1.54) is 43.6 Å². The number of rotatable bonds is 3. The van der Waals surface area contributed by atoms with E-state index < -0.39 is 0 Å². The lowest BCUT2D eigenvalue weighted by molar-refractivity contribution is 0.405. The molecule has 0 amide bonds. The predicted octanol–water partition coefficient (Wildman–Crippen LogP) is 3.33. The molecule has 1 heterocycles. The second-order valence-corrected chi connectivity index (χ2v) is 5.24. The highest BCUT2D eigenvalue weighted by molar-refractivity contribution is 5.48. The molecular weight excluding hydrogens is 208 g/mol. The summed E-state index contributed by atoms with van der Waals surface area (Å²) in [5, 5.41) is 0. The first-order valence-electron chi connectivity index (χ1n) is 6.81. The van der Waals surface area contributed by atoms with Gasteiger partial charge in [-0.25, -0.2) is 0 Å². The summed E-state index contributed by atoms with van der Waals surface area (Å²) in [6.07, 6.45) is 4.02. The zero-order valence-corrected chi connectivity index (χ0v) is 11.0. The molecular formula is C15H24N2. The van der Waals surface area contributed by atoms with Crippen LogP contribution < -0.4 is 10.6 Å². The average Bonchev–Trinajstić information content (AvgIpc) is 2.39. The van der Waals surface area contributed by atoms with Crippen LogP contribution in [0.25, 0.3) is 0 Å².